The lowest BCUT2D eigenvalue weighted by atomic mass is 9.35. The monoisotopic (exact) mass is 392 g/mol. The molecule has 6 rings (SSSR count). The molecule has 154 valence electrons. The van der Waals surface area contributed by atoms with Crippen LogP contribution in [0.5, 0.6) is 0 Å². The molecule has 0 aromatic heterocycles. The maximum Gasteiger partial charge on any atom is 0.239 e. The van der Waals surface area contributed by atoms with Crippen LogP contribution < -0.4 is 0 Å². The van der Waals surface area contributed by atoms with E-state index < -0.39 is 63.7 Å². The zero-order chi connectivity index (χ0) is 20.4. The first kappa shape index (κ1) is 18.9. The van der Waals surface area contributed by atoms with Crippen molar-refractivity contribution in [1.29, 1.82) is 0 Å². The maximum atomic E-state index is 13.4. The van der Waals surface area contributed by atoms with E-state index in [0.29, 0.717) is 19.3 Å². The average molecular weight is 392 g/mol. The molecule has 7 nitrogen and oxygen atoms in total. The first-order valence-corrected chi connectivity index (χ1v) is 10.1. The number of aliphatic hydroxyl groups is 3. The van der Waals surface area contributed by atoms with Gasteiger partial charge in [0.15, 0.2) is 0 Å². The number of fused-ring (bicyclic) bond motifs is 2. The van der Waals surface area contributed by atoms with Crippen molar-refractivity contribution >= 4 is 11.6 Å². The molecular weight excluding hydrogens is 364 g/mol. The second kappa shape index (κ2) is 5.13. The van der Waals surface area contributed by atoms with E-state index in [4.69, 9.17) is 9.78 Å². The summed E-state index contributed by atoms with van der Waals surface area (Å²) in [6.07, 6.45) is -1.29. The van der Waals surface area contributed by atoms with Crippen molar-refractivity contribution in [3.8, 4) is 0 Å². The third-order valence-corrected chi connectivity index (χ3v) is 8.96. The van der Waals surface area contributed by atoms with Gasteiger partial charge in [-0.3, -0.25) is 9.59 Å². The van der Waals surface area contributed by atoms with E-state index in [2.05, 4.69) is 6.58 Å². The number of aliphatic hydroxyl groups excluding tert-OH is 2. The molecule has 6 fully saturated rings. The second-order valence-electron chi connectivity index (χ2n) is 10.5. The zero-order valence-electron chi connectivity index (χ0n) is 16.5. The molecule has 6 bridgehead atoms. The summed E-state index contributed by atoms with van der Waals surface area (Å²) in [5, 5.41) is 34.0. The van der Waals surface area contributed by atoms with Gasteiger partial charge in [0, 0.05) is 11.3 Å². The average Bonchev–Trinajstić information content (AvgIpc) is 2.75. The molecule has 2 saturated heterocycles. The molecule has 2 heterocycles. The van der Waals surface area contributed by atoms with Crippen molar-refractivity contribution in [2.24, 2.45) is 34.0 Å². The lowest BCUT2D eigenvalue weighted by molar-refractivity contribution is -0.469. The molecule has 9 atom stereocenters. The number of rotatable bonds is 0. The fourth-order valence-electron chi connectivity index (χ4n) is 8.03. The van der Waals surface area contributed by atoms with Gasteiger partial charge in [-0.25, -0.2) is 4.89 Å². The molecule has 6 aliphatic rings. The molecule has 0 radical (unpaired) electrons. The number of allylic oxidation sites excluding steroid dienone is 1. The van der Waals surface area contributed by atoms with Gasteiger partial charge in [-0.1, -0.05) is 27.4 Å². The van der Waals surface area contributed by atoms with Crippen molar-refractivity contribution < 1.29 is 34.7 Å². The van der Waals surface area contributed by atoms with Crippen LogP contribution >= 0.6 is 0 Å². The zero-order valence-corrected chi connectivity index (χ0v) is 16.5. The van der Waals surface area contributed by atoms with Gasteiger partial charge >= 0.3 is 0 Å². The van der Waals surface area contributed by atoms with Crippen LogP contribution in [0, 0.1) is 34.0 Å². The maximum absolute atomic E-state index is 13.4. The van der Waals surface area contributed by atoms with E-state index in [1.54, 1.807) is 0 Å². The summed E-state index contributed by atoms with van der Waals surface area (Å²) in [5.74, 6) is -4.94. The van der Waals surface area contributed by atoms with Crippen molar-refractivity contribution in [1.82, 2.24) is 0 Å². The predicted octanol–water partition coefficient (Wildman–Crippen LogP) is 0.904. The van der Waals surface area contributed by atoms with Crippen LogP contribution in [0.3, 0.4) is 0 Å². The number of hydrogen-bond acceptors (Lipinski definition) is 7. The minimum absolute atomic E-state index is 0.198. The molecule has 0 unspecified atom stereocenters. The van der Waals surface area contributed by atoms with E-state index in [0.717, 1.165) is 0 Å². The Morgan fingerprint density at radius 3 is 2.46 bits per heavy atom. The topological polar surface area (TPSA) is 113 Å². The van der Waals surface area contributed by atoms with Gasteiger partial charge in [-0.15, -0.1) is 0 Å². The standard InChI is InChI=1S/C21H28O7/c1-9-10-5-6-12-19(4)14-16(25)21(26,20(12,7-10)15(24)13(9)23)28-27-17(19)11(22)8-18(14,2)3/h10-12,14,16-17,22,25-26H,1,5-8H2,2-4H3/t10-,11+,12+,14-,16+,17-,19+,20+,21-/m1/s1. The summed E-state index contributed by atoms with van der Waals surface area (Å²) in [5.41, 5.74) is -2.69. The van der Waals surface area contributed by atoms with E-state index in [9.17, 15) is 24.9 Å². The summed E-state index contributed by atoms with van der Waals surface area (Å²) < 4.78 is 0. The summed E-state index contributed by atoms with van der Waals surface area (Å²) in [6.45, 7) is 9.62. The largest absolute Gasteiger partial charge is 0.390 e. The van der Waals surface area contributed by atoms with Crippen LogP contribution in [0.25, 0.3) is 0 Å². The van der Waals surface area contributed by atoms with E-state index in [1.165, 1.54) is 0 Å². The third kappa shape index (κ3) is 1.72. The first-order chi connectivity index (χ1) is 12.9. The molecule has 28 heavy (non-hydrogen) atoms. The van der Waals surface area contributed by atoms with Crippen LogP contribution in [0.15, 0.2) is 12.2 Å². The molecule has 0 aromatic rings. The van der Waals surface area contributed by atoms with Gasteiger partial charge in [0.25, 0.3) is 0 Å². The Bertz CT molecular complexity index is 805. The number of ketones is 2. The normalized spacial score (nSPS) is 57.0. The predicted molar refractivity (Wildman–Crippen MR) is 95.3 cm³/mol. The highest BCUT2D eigenvalue weighted by Gasteiger charge is 2.83. The molecule has 4 saturated carbocycles. The summed E-state index contributed by atoms with van der Waals surface area (Å²) in [7, 11) is 0. The van der Waals surface area contributed by atoms with Crippen LogP contribution in [-0.2, 0) is 19.4 Å². The highest BCUT2D eigenvalue weighted by atomic mass is 17.2. The Morgan fingerprint density at radius 2 is 1.79 bits per heavy atom. The van der Waals surface area contributed by atoms with Crippen molar-refractivity contribution in [3.63, 3.8) is 0 Å². The lowest BCUT2D eigenvalue weighted by Crippen LogP contribution is -2.79. The number of carbonyl (C=O) groups excluding carboxylic acids is 2. The second-order valence-corrected chi connectivity index (χ2v) is 10.5. The summed E-state index contributed by atoms with van der Waals surface area (Å²) in [6, 6.07) is 0. The Morgan fingerprint density at radius 1 is 1.11 bits per heavy atom. The van der Waals surface area contributed by atoms with Crippen molar-refractivity contribution in [2.45, 2.75) is 70.6 Å². The molecule has 0 aromatic carbocycles. The first-order valence-electron chi connectivity index (χ1n) is 10.1. The minimum Gasteiger partial charge on any atom is -0.390 e. The van der Waals surface area contributed by atoms with Gasteiger partial charge < -0.3 is 15.3 Å². The van der Waals surface area contributed by atoms with Crippen LogP contribution in [0.2, 0.25) is 0 Å². The highest BCUT2D eigenvalue weighted by Crippen LogP contribution is 2.74. The summed E-state index contributed by atoms with van der Waals surface area (Å²) in [4.78, 5) is 37.3. The molecule has 3 N–H and O–H groups in total. The van der Waals surface area contributed by atoms with Crippen LogP contribution in [-0.4, -0.2) is 51.0 Å². The Kier molecular flexibility index (Phi) is 3.46. The quantitative estimate of drug-likeness (QED) is 0.319. The van der Waals surface area contributed by atoms with Gasteiger partial charge in [0.05, 0.1) is 6.10 Å². The molecule has 7 heteroatoms. The molecule has 0 amide bonds. The van der Waals surface area contributed by atoms with E-state index >= 15 is 0 Å². The van der Waals surface area contributed by atoms with Gasteiger partial charge in [0.2, 0.25) is 17.4 Å². The lowest BCUT2D eigenvalue weighted by Gasteiger charge is -2.69. The van der Waals surface area contributed by atoms with Crippen molar-refractivity contribution in [2.75, 3.05) is 0 Å². The Hall–Kier alpha value is -1.12. The SMILES string of the molecule is C=C1C(=O)C(=O)[C@]23C[C@H]1CC[C@H]2[C@]1(C)[C@@H]2OO[C@]3(O)[C@@H](O)[C@@H]1C(C)(C)C[C@@H]2O. The highest BCUT2D eigenvalue weighted by molar-refractivity contribution is 6.46. The summed E-state index contributed by atoms with van der Waals surface area (Å²) >= 11 is 0. The van der Waals surface area contributed by atoms with Crippen LogP contribution in [0.4, 0.5) is 0 Å². The van der Waals surface area contributed by atoms with Crippen LogP contribution in [0.1, 0.15) is 46.5 Å². The molecule has 2 aliphatic heterocycles. The third-order valence-electron chi connectivity index (χ3n) is 8.96. The van der Waals surface area contributed by atoms with Gasteiger partial charge in [-0.05, 0) is 48.5 Å². The minimum atomic E-state index is -2.34. The Balaban J connectivity index is 1.81. The molecule has 4 aliphatic carbocycles. The van der Waals surface area contributed by atoms with Gasteiger partial charge in [-0.2, -0.15) is 4.89 Å². The fraction of sp³-hybridized carbons (Fsp3) is 0.810. The van der Waals surface area contributed by atoms with Crippen molar-refractivity contribution in [3.05, 3.63) is 12.2 Å². The molecule has 1 spiro atoms. The Labute approximate surface area is 163 Å². The van der Waals surface area contributed by atoms with E-state index in [-0.39, 0.29) is 17.9 Å². The van der Waals surface area contributed by atoms with E-state index in [1.807, 2.05) is 20.8 Å². The smallest absolute Gasteiger partial charge is 0.239 e. The molecular formula is C21H28O7. The number of carbonyl (C=O) groups is 2. The number of hydrogen-bond donors (Lipinski definition) is 3. The van der Waals surface area contributed by atoms with Gasteiger partial charge in [0.1, 0.15) is 17.6 Å². The number of Topliss-reactive ketones (excluding diaryl/α,β-unsaturated/α-hetero) is 2. The fourth-order valence-corrected chi connectivity index (χ4v) is 8.03.